The smallest absolute Gasteiger partial charge is 0.355 e. The van der Waals surface area contributed by atoms with Crippen LogP contribution in [0.5, 0.6) is 0 Å². The molecule has 26 heavy (non-hydrogen) atoms. The third-order valence-electron chi connectivity index (χ3n) is 6.39. The number of carbonyl (C=O) groups is 3. The molecule has 1 heterocycles. The van der Waals surface area contributed by atoms with E-state index in [-0.39, 0.29) is 22.9 Å². The Kier molecular flexibility index (Phi) is 4.16. The molecule has 0 saturated heterocycles. The minimum absolute atomic E-state index is 0.0965. The van der Waals surface area contributed by atoms with Crippen LogP contribution in [0.25, 0.3) is 0 Å². The van der Waals surface area contributed by atoms with Crippen LogP contribution in [0.2, 0.25) is 0 Å². The van der Waals surface area contributed by atoms with Crippen molar-refractivity contribution in [2.24, 2.45) is 17.8 Å². The fourth-order valence-electron chi connectivity index (χ4n) is 5.62. The molecule has 6 nitrogen and oxygen atoms in total. The quantitative estimate of drug-likeness (QED) is 0.626. The van der Waals surface area contributed by atoms with Crippen molar-refractivity contribution >= 4 is 17.7 Å². The lowest BCUT2D eigenvalue weighted by atomic mass is 9.53. The molecule has 140 valence electrons. The highest BCUT2D eigenvalue weighted by molar-refractivity contribution is 5.98. The number of esters is 1. The third-order valence-corrected chi connectivity index (χ3v) is 6.39. The minimum Gasteiger partial charge on any atom is -0.448 e. The van der Waals surface area contributed by atoms with E-state index in [0.29, 0.717) is 5.56 Å². The van der Waals surface area contributed by atoms with Crippen LogP contribution in [0.1, 0.15) is 73.2 Å². The molecule has 1 aromatic rings. The maximum absolute atomic E-state index is 12.7. The summed E-state index contributed by atoms with van der Waals surface area (Å²) in [6, 6.07) is 1.45. The van der Waals surface area contributed by atoms with E-state index in [2.05, 4.69) is 10.3 Å². The first-order chi connectivity index (χ1) is 12.3. The Balaban J connectivity index is 1.37. The number of nitrogens with one attached hydrogen (secondary N) is 2. The Morgan fingerprint density at radius 1 is 1.15 bits per heavy atom. The summed E-state index contributed by atoms with van der Waals surface area (Å²) in [5, 5.41) is 3.22. The van der Waals surface area contributed by atoms with Gasteiger partial charge in [-0.2, -0.15) is 0 Å². The summed E-state index contributed by atoms with van der Waals surface area (Å²) >= 11 is 0. The fourth-order valence-corrected chi connectivity index (χ4v) is 5.62. The Bertz CT molecular complexity index is 715. The van der Waals surface area contributed by atoms with Crippen LogP contribution >= 0.6 is 0 Å². The Morgan fingerprint density at radius 2 is 1.73 bits per heavy atom. The zero-order valence-corrected chi connectivity index (χ0v) is 15.3. The zero-order chi connectivity index (χ0) is 18.5. The molecule has 0 spiro atoms. The van der Waals surface area contributed by atoms with E-state index in [1.807, 2.05) is 0 Å². The normalized spacial score (nSPS) is 32.9. The van der Waals surface area contributed by atoms with Crippen LogP contribution in [-0.4, -0.2) is 34.3 Å². The highest BCUT2D eigenvalue weighted by Gasteiger charge is 2.51. The van der Waals surface area contributed by atoms with Crippen LogP contribution in [-0.2, 0) is 9.53 Å². The molecule has 0 aromatic carbocycles. The second-order valence-corrected chi connectivity index (χ2v) is 8.59. The summed E-state index contributed by atoms with van der Waals surface area (Å²) in [6.45, 7) is 3.03. The average Bonchev–Trinajstić information content (AvgIpc) is 3.03. The summed E-state index contributed by atoms with van der Waals surface area (Å²) in [5.74, 6) is 1.24. The molecule has 2 N–H and O–H groups in total. The first-order valence-electron chi connectivity index (χ1n) is 9.56. The highest BCUT2D eigenvalue weighted by atomic mass is 16.5. The van der Waals surface area contributed by atoms with Crippen molar-refractivity contribution in [3.63, 3.8) is 0 Å². The van der Waals surface area contributed by atoms with E-state index in [1.165, 1.54) is 38.4 Å². The maximum atomic E-state index is 12.7. The number of Topliss-reactive ketones (excluding diaryl/α,β-unsaturated/α-hetero) is 1. The van der Waals surface area contributed by atoms with E-state index in [0.717, 1.165) is 37.0 Å². The number of hydrogen-bond donors (Lipinski definition) is 2. The second kappa shape index (κ2) is 6.25. The van der Waals surface area contributed by atoms with Gasteiger partial charge in [-0.3, -0.25) is 9.59 Å². The molecule has 1 amide bonds. The topological polar surface area (TPSA) is 88.3 Å². The van der Waals surface area contributed by atoms with Gasteiger partial charge in [0, 0.05) is 17.3 Å². The Hall–Kier alpha value is -2.11. The molecule has 4 aliphatic carbocycles. The van der Waals surface area contributed by atoms with Gasteiger partial charge < -0.3 is 15.0 Å². The molecule has 1 aromatic heterocycles. The largest absolute Gasteiger partial charge is 0.448 e. The van der Waals surface area contributed by atoms with Crippen molar-refractivity contribution in [3.05, 3.63) is 23.5 Å². The number of aromatic nitrogens is 1. The van der Waals surface area contributed by atoms with Gasteiger partial charge >= 0.3 is 5.97 Å². The van der Waals surface area contributed by atoms with Crippen molar-refractivity contribution in [3.8, 4) is 0 Å². The van der Waals surface area contributed by atoms with Crippen molar-refractivity contribution < 1.29 is 19.1 Å². The van der Waals surface area contributed by atoms with Crippen LogP contribution in [0, 0.1) is 17.8 Å². The summed E-state index contributed by atoms with van der Waals surface area (Å²) in [7, 11) is 0. The van der Waals surface area contributed by atoms with Crippen LogP contribution in [0.4, 0.5) is 0 Å². The molecule has 6 heteroatoms. The predicted molar refractivity (Wildman–Crippen MR) is 94.7 cm³/mol. The van der Waals surface area contributed by atoms with E-state index in [1.54, 1.807) is 6.92 Å². The SMILES string of the molecule is CC(=O)c1c[nH]c(C(=O)O[C@@H](C)C(=O)NC23CC4CC(CC(C4)C2)C3)c1. The predicted octanol–water partition coefficient (Wildman–Crippen LogP) is 2.85. The molecule has 4 saturated carbocycles. The molecule has 0 unspecified atom stereocenters. The van der Waals surface area contributed by atoms with Gasteiger partial charge in [0.15, 0.2) is 11.9 Å². The lowest BCUT2D eigenvalue weighted by Gasteiger charge is -2.57. The van der Waals surface area contributed by atoms with Crippen LogP contribution < -0.4 is 5.32 Å². The van der Waals surface area contributed by atoms with E-state index in [9.17, 15) is 14.4 Å². The van der Waals surface area contributed by atoms with Gasteiger partial charge in [0.1, 0.15) is 5.69 Å². The number of amides is 1. The lowest BCUT2D eigenvalue weighted by molar-refractivity contribution is -0.134. The monoisotopic (exact) mass is 358 g/mol. The number of hydrogen-bond acceptors (Lipinski definition) is 4. The van der Waals surface area contributed by atoms with Crippen molar-refractivity contribution in [1.82, 2.24) is 10.3 Å². The Morgan fingerprint density at radius 3 is 2.23 bits per heavy atom. The van der Waals surface area contributed by atoms with E-state index >= 15 is 0 Å². The van der Waals surface area contributed by atoms with Gasteiger partial charge in [-0.15, -0.1) is 0 Å². The van der Waals surface area contributed by atoms with Crippen molar-refractivity contribution in [2.45, 2.75) is 64.0 Å². The summed E-state index contributed by atoms with van der Waals surface area (Å²) < 4.78 is 5.31. The van der Waals surface area contributed by atoms with E-state index in [4.69, 9.17) is 4.74 Å². The lowest BCUT2D eigenvalue weighted by Crippen LogP contribution is -2.61. The number of ether oxygens (including phenoxy) is 1. The summed E-state index contributed by atoms with van der Waals surface area (Å²) in [5.41, 5.74) is 0.507. The van der Waals surface area contributed by atoms with Gasteiger partial charge in [0.2, 0.25) is 0 Å². The zero-order valence-electron chi connectivity index (χ0n) is 15.3. The highest BCUT2D eigenvalue weighted by Crippen LogP contribution is 2.55. The van der Waals surface area contributed by atoms with Crippen LogP contribution in [0.3, 0.4) is 0 Å². The van der Waals surface area contributed by atoms with Crippen LogP contribution in [0.15, 0.2) is 12.3 Å². The standard InChI is InChI=1S/C20H26N2O4/c1-11(23)16-6-17(21-10-16)19(25)26-12(2)18(24)22-20-7-13-3-14(8-20)5-15(4-13)9-20/h6,10,12-15,21H,3-5,7-9H2,1-2H3,(H,22,24)/t12-,13?,14?,15?,20?/m0/s1. The molecule has 4 aliphatic rings. The molecule has 4 fully saturated rings. The number of rotatable bonds is 5. The average molecular weight is 358 g/mol. The van der Waals surface area contributed by atoms with Crippen molar-refractivity contribution in [1.29, 1.82) is 0 Å². The Labute approximate surface area is 153 Å². The molecule has 5 rings (SSSR count). The molecule has 0 radical (unpaired) electrons. The molecule has 1 atom stereocenters. The third kappa shape index (κ3) is 3.17. The minimum atomic E-state index is -0.861. The molecular weight excluding hydrogens is 332 g/mol. The van der Waals surface area contributed by atoms with Gasteiger partial charge in [0.25, 0.3) is 5.91 Å². The second-order valence-electron chi connectivity index (χ2n) is 8.59. The van der Waals surface area contributed by atoms with Gasteiger partial charge in [0.05, 0.1) is 0 Å². The van der Waals surface area contributed by atoms with E-state index < -0.39 is 12.1 Å². The number of carbonyl (C=O) groups excluding carboxylic acids is 3. The summed E-state index contributed by atoms with van der Waals surface area (Å²) in [4.78, 5) is 38.9. The maximum Gasteiger partial charge on any atom is 0.355 e. The molecule has 0 aliphatic heterocycles. The van der Waals surface area contributed by atoms with Gasteiger partial charge in [-0.25, -0.2) is 4.79 Å². The number of aromatic amines is 1. The van der Waals surface area contributed by atoms with Gasteiger partial charge in [-0.05, 0) is 76.2 Å². The van der Waals surface area contributed by atoms with Gasteiger partial charge in [-0.1, -0.05) is 0 Å². The fraction of sp³-hybridized carbons (Fsp3) is 0.650. The first-order valence-corrected chi connectivity index (χ1v) is 9.56. The number of ketones is 1. The molecule has 4 bridgehead atoms. The first kappa shape index (κ1) is 17.3. The summed E-state index contributed by atoms with van der Waals surface area (Å²) in [6.07, 6.45) is 7.72. The number of H-pyrrole nitrogens is 1. The molecular formula is C20H26N2O4. The van der Waals surface area contributed by atoms with Crippen molar-refractivity contribution in [2.75, 3.05) is 0 Å².